The van der Waals surface area contributed by atoms with Gasteiger partial charge in [0.2, 0.25) is 0 Å². The summed E-state index contributed by atoms with van der Waals surface area (Å²) in [5.41, 5.74) is 5.89. The van der Waals surface area contributed by atoms with Gasteiger partial charge in [-0.2, -0.15) is 0 Å². The van der Waals surface area contributed by atoms with Crippen molar-refractivity contribution in [3.63, 3.8) is 0 Å². The standard InChI is InChI=1S/C24H28N2O4/c1-16-10-21-19(14-29-22(21)11-17(16)2)12-24(28)30-15-23(27)26(5)13-18-6-8-20(9-7-18)25(3)4/h6-11,14H,12-13,15H2,1-5H3. The maximum absolute atomic E-state index is 12.3. The maximum Gasteiger partial charge on any atom is 0.310 e. The number of benzene rings is 2. The number of fused-ring (bicyclic) bond motifs is 1. The van der Waals surface area contributed by atoms with Crippen molar-refractivity contribution in [3.05, 3.63) is 64.9 Å². The normalized spacial score (nSPS) is 10.8. The van der Waals surface area contributed by atoms with Gasteiger partial charge in [0.1, 0.15) is 5.58 Å². The number of carbonyl (C=O) groups excluding carboxylic acids is 2. The number of likely N-dealkylation sites (N-methyl/N-ethyl adjacent to an activating group) is 1. The highest BCUT2D eigenvalue weighted by Crippen LogP contribution is 2.25. The van der Waals surface area contributed by atoms with Gasteiger partial charge in [0.15, 0.2) is 6.61 Å². The van der Waals surface area contributed by atoms with Crippen molar-refractivity contribution >= 4 is 28.5 Å². The lowest BCUT2D eigenvalue weighted by molar-refractivity contribution is -0.151. The molecule has 1 amide bonds. The van der Waals surface area contributed by atoms with Crippen molar-refractivity contribution in [1.82, 2.24) is 4.90 Å². The molecule has 2 aromatic carbocycles. The summed E-state index contributed by atoms with van der Waals surface area (Å²) in [6, 6.07) is 12.0. The van der Waals surface area contributed by atoms with Crippen molar-refractivity contribution in [2.75, 3.05) is 32.6 Å². The number of rotatable bonds is 7. The van der Waals surface area contributed by atoms with Crippen molar-refractivity contribution in [1.29, 1.82) is 0 Å². The third-order valence-electron chi connectivity index (χ3n) is 5.26. The predicted octanol–water partition coefficient (Wildman–Crippen LogP) is 3.86. The van der Waals surface area contributed by atoms with Crippen LogP contribution in [0, 0.1) is 13.8 Å². The summed E-state index contributed by atoms with van der Waals surface area (Å²) in [5, 5.41) is 0.902. The molecule has 0 bridgehead atoms. The van der Waals surface area contributed by atoms with Gasteiger partial charge in [-0.3, -0.25) is 9.59 Å². The van der Waals surface area contributed by atoms with E-state index >= 15 is 0 Å². The summed E-state index contributed by atoms with van der Waals surface area (Å²) in [6.45, 7) is 4.21. The van der Waals surface area contributed by atoms with E-state index in [0.29, 0.717) is 6.54 Å². The molecule has 0 N–H and O–H groups in total. The maximum atomic E-state index is 12.3. The van der Waals surface area contributed by atoms with Crippen molar-refractivity contribution < 1.29 is 18.7 Å². The van der Waals surface area contributed by atoms with Crippen LogP contribution in [0.3, 0.4) is 0 Å². The fourth-order valence-corrected chi connectivity index (χ4v) is 3.19. The second-order valence-electron chi connectivity index (χ2n) is 7.84. The van der Waals surface area contributed by atoms with Crippen molar-refractivity contribution in [3.8, 4) is 0 Å². The minimum Gasteiger partial charge on any atom is -0.464 e. The molecule has 0 saturated heterocycles. The van der Waals surface area contributed by atoms with Gasteiger partial charge >= 0.3 is 5.97 Å². The quantitative estimate of drug-likeness (QED) is 0.556. The molecule has 0 saturated carbocycles. The topological polar surface area (TPSA) is 63.0 Å². The first-order valence-corrected chi connectivity index (χ1v) is 9.87. The molecule has 3 aromatic rings. The molecular formula is C24H28N2O4. The Hall–Kier alpha value is -3.28. The highest BCUT2D eigenvalue weighted by molar-refractivity contribution is 5.87. The van der Waals surface area contributed by atoms with Gasteiger partial charge in [0.25, 0.3) is 5.91 Å². The van der Waals surface area contributed by atoms with E-state index in [1.807, 2.05) is 69.2 Å². The van der Waals surface area contributed by atoms with Crippen LogP contribution in [-0.4, -0.2) is 44.5 Å². The Morgan fingerprint density at radius 2 is 1.67 bits per heavy atom. The van der Waals surface area contributed by atoms with E-state index in [-0.39, 0.29) is 18.9 Å². The number of anilines is 1. The second-order valence-corrected chi connectivity index (χ2v) is 7.84. The molecule has 1 heterocycles. The molecule has 0 radical (unpaired) electrons. The Morgan fingerprint density at radius 3 is 2.33 bits per heavy atom. The molecule has 0 aliphatic heterocycles. The number of amides is 1. The summed E-state index contributed by atoms with van der Waals surface area (Å²) in [4.78, 5) is 28.2. The number of ether oxygens (including phenoxy) is 1. The number of furan rings is 1. The Balaban J connectivity index is 1.52. The monoisotopic (exact) mass is 408 g/mol. The minimum absolute atomic E-state index is 0.0679. The summed E-state index contributed by atoms with van der Waals surface area (Å²) in [5.74, 6) is -0.698. The van der Waals surface area contributed by atoms with Crippen LogP contribution < -0.4 is 4.90 Å². The number of aryl methyl sites for hydroxylation is 2. The summed E-state index contributed by atoms with van der Waals surface area (Å²) < 4.78 is 10.8. The van der Waals surface area contributed by atoms with Crippen LogP contribution in [0.25, 0.3) is 11.0 Å². The van der Waals surface area contributed by atoms with Crippen molar-refractivity contribution in [2.45, 2.75) is 26.8 Å². The Kier molecular flexibility index (Phi) is 6.45. The van der Waals surface area contributed by atoms with E-state index in [9.17, 15) is 9.59 Å². The van der Waals surface area contributed by atoms with Crippen LogP contribution in [0.15, 0.2) is 47.1 Å². The fourth-order valence-electron chi connectivity index (χ4n) is 3.19. The van der Waals surface area contributed by atoms with Gasteiger partial charge in [-0.05, 0) is 54.8 Å². The van der Waals surface area contributed by atoms with E-state index in [0.717, 1.165) is 38.9 Å². The number of esters is 1. The average Bonchev–Trinajstić information content (AvgIpc) is 3.08. The van der Waals surface area contributed by atoms with Gasteiger partial charge in [0.05, 0.1) is 12.7 Å². The third kappa shape index (κ3) is 5.00. The molecule has 6 heteroatoms. The lowest BCUT2D eigenvalue weighted by atomic mass is 10.0. The molecule has 6 nitrogen and oxygen atoms in total. The van der Waals surface area contributed by atoms with E-state index < -0.39 is 5.97 Å². The minimum atomic E-state index is -0.451. The zero-order valence-electron chi connectivity index (χ0n) is 18.2. The first kappa shape index (κ1) is 21.4. The Bertz CT molecular complexity index is 1050. The molecule has 0 aliphatic rings. The molecule has 0 spiro atoms. The number of hydrogen-bond acceptors (Lipinski definition) is 5. The number of carbonyl (C=O) groups is 2. The van der Waals surface area contributed by atoms with Crippen LogP contribution in [0.4, 0.5) is 5.69 Å². The van der Waals surface area contributed by atoms with Gasteiger partial charge < -0.3 is 19.0 Å². The summed E-state index contributed by atoms with van der Waals surface area (Å²) >= 11 is 0. The Labute approximate surface area is 177 Å². The van der Waals surface area contributed by atoms with Crippen LogP contribution in [0.2, 0.25) is 0 Å². The van der Waals surface area contributed by atoms with E-state index in [2.05, 4.69) is 0 Å². The molecule has 0 aliphatic carbocycles. The molecule has 30 heavy (non-hydrogen) atoms. The summed E-state index contributed by atoms with van der Waals surface area (Å²) in [6.07, 6.45) is 1.65. The van der Waals surface area contributed by atoms with Crippen LogP contribution >= 0.6 is 0 Å². The molecule has 0 fully saturated rings. The van der Waals surface area contributed by atoms with Crippen LogP contribution in [-0.2, 0) is 27.3 Å². The van der Waals surface area contributed by atoms with E-state index in [1.165, 1.54) is 0 Å². The average molecular weight is 408 g/mol. The third-order valence-corrected chi connectivity index (χ3v) is 5.26. The fraction of sp³-hybridized carbons (Fsp3) is 0.333. The largest absolute Gasteiger partial charge is 0.464 e. The predicted molar refractivity (Wildman–Crippen MR) is 118 cm³/mol. The zero-order valence-corrected chi connectivity index (χ0v) is 18.2. The lowest BCUT2D eigenvalue weighted by Crippen LogP contribution is -2.31. The van der Waals surface area contributed by atoms with Crippen LogP contribution in [0.1, 0.15) is 22.3 Å². The lowest BCUT2D eigenvalue weighted by Gasteiger charge is -2.18. The van der Waals surface area contributed by atoms with Gasteiger partial charge in [-0.15, -0.1) is 0 Å². The molecule has 0 unspecified atom stereocenters. The van der Waals surface area contributed by atoms with E-state index in [4.69, 9.17) is 9.15 Å². The number of nitrogens with zero attached hydrogens (tertiary/aromatic N) is 2. The smallest absolute Gasteiger partial charge is 0.310 e. The summed E-state index contributed by atoms with van der Waals surface area (Å²) in [7, 11) is 5.66. The first-order valence-electron chi connectivity index (χ1n) is 9.87. The second kappa shape index (κ2) is 9.03. The Morgan fingerprint density at radius 1 is 1.00 bits per heavy atom. The van der Waals surface area contributed by atoms with Gasteiger partial charge in [0, 0.05) is 44.3 Å². The number of hydrogen-bond donors (Lipinski definition) is 0. The molecule has 3 rings (SSSR count). The molecule has 158 valence electrons. The van der Waals surface area contributed by atoms with Gasteiger partial charge in [-0.1, -0.05) is 12.1 Å². The highest BCUT2D eigenvalue weighted by Gasteiger charge is 2.16. The van der Waals surface area contributed by atoms with Crippen molar-refractivity contribution in [2.24, 2.45) is 0 Å². The molecule has 0 atom stereocenters. The zero-order chi connectivity index (χ0) is 21.8. The molecular weight excluding hydrogens is 380 g/mol. The van der Waals surface area contributed by atoms with E-state index in [1.54, 1.807) is 18.2 Å². The molecule has 1 aromatic heterocycles. The highest BCUT2D eigenvalue weighted by atomic mass is 16.5. The van der Waals surface area contributed by atoms with Gasteiger partial charge in [-0.25, -0.2) is 0 Å². The van der Waals surface area contributed by atoms with Crippen LogP contribution in [0.5, 0.6) is 0 Å². The first-order chi connectivity index (χ1) is 14.2. The SMILES string of the molecule is Cc1cc2occ(CC(=O)OCC(=O)N(C)Cc3ccc(N(C)C)cc3)c2cc1C.